The predicted molar refractivity (Wildman–Crippen MR) is 87.1 cm³/mol. The molecule has 0 N–H and O–H groups in total. The molecule has 0 fully saturated rings. The van der Waals surface area contributed by atoms with E-state index in [1.165, 1.54) is 4.80 Å². The van der Waals surface area contributed by atoms with Crippen molar-refractivity contribution in [3.05, 3.63) is 59.9 Å². The van der Waals surface area contributed by atoms with Crippen molar-refractivity contribution in [3.63, 3.8) is 0 Å². The second-order valence-corrected chi connectivity index (χ2v) is 5.39. The largest absolute Gasteiger partial charge is 0.334 e. The van der Waals surface area contributed by atoms with Crippen LogP contribution in [0.4, 0.5) is 0 Å². The number of tetrazole rings is 1. The molecule has 2 heterocycles. The Bertz CT molecular complexity index is 809. The number of aryl methyl sites for hydroxylation is 1. The summed E-state index contributed by atoms with van der Waals surface area (Å²) in [4.78, 5) is 19.7. The molecule has 0 unspecified atom stereocenters. The lowest BCUT2D eigenvalue weighted by Crippen LogP contribution is -2.26. The molecule has 2 aromatic heterocycles. The number of nitrogens with zero attached hydrogens (tertiary/aromatic N) is 7. The summed E-state index contributed by atoms with van der Waals surface area (Å²) in [5, 5.41) is 12.4. The summed E-state index contributed by atoms with van der Waals surface area (Å²) >= 11 is 0. The number of hydrogen-bond acceptors (Lipinski definition) is 5. The summed E-state index contributed by atoms with van der Waals surface area (Å²) in [6.45, 7) is 3.64. The molecule has 0 atom stereocenters. The van der Waals surface area contributed by atoms with Gasteiger partial charge in [0.2, 0.25) is 0 Å². The second kappa shape index (κ2) is 7.03. The van der Waals surface area contributed by atoms with Crippen LogP contribution in [0, 0.1) is 0 Å². The number of carbonyl (C=O) groups excluding carboxylic acids is 1. The number of rotatable bonds is 6. The van der Waals surface area contributed by atoms with Crippen molar-refractivity contribution in [1.29, 1.82) is 0 Å². The van der Waals surface area contributed by atoms with Crippen molar-refractivity contribution in [3.8, 4) is 0 Å². The van der Waals surface area contributed by atoms with Crippen molar-refractivity contribution >= 4 is 5.91 Å². The van der Waals surface area contributed by atoms with Gasteiger partial charge in [-0.1, -0.05) is 18.2 Å². The maximum Gasteiger partial charge on any atom is 0.254 e. The third-order valence-electron chi connectivity index (χ3n) is 3.67. The highest BCUT2D eigenvalue weighted by Crippen LogP contribution is 2.06. The van der Waals surface area contributed by atoms with Crippen LogP contribution in [0.2, 0.25) is 0 Å². The Balaban J connectivity index is 1.64. The van der Waals surface area contributed by atoms with Crippen LogP contribution < -0.4 is 0 Å². The highest BCUT2D eigenvalue weighted by atomic mass is 16.2. The number of imidazole rings is 1. The summed E-state index contributed by atoms with van der Waals surface area (Å²) in [6, 6.07) is 9.13. The zero-order valence-electron chi connectivity index (χ0n) is 13.7. The highest BCUT2D eigenvalue weighted by molar-refractivity contribution is 5.93. The molecular weight excluding hydrogens is 306 g/mol. The first-order chi connectivity index (χ1) is 11.7. The maximum atomic E-state index is 12.3. The van der Waals surface area contributed by atoms with Crippen molar-refractivity contribution in [2.24, 2.45) is 0 Å². The third-order valence-corrected chi connectivity index (χ3v) is 3.67. The lowest BCUT2D eigenvalue weighted by Gasteiger charge is -2.14. The van der Waals surface area contributed by atoms with E-state index in [2.05, 4.69) is 27.3 Å². The Morgan fingerprint density at radius 1 is 1.25 bits per heavy atom. The number of benzene rings is 1. The smallest absolute Gasteiger partial charge is 0.254 e. The summed E-state index contributed by atoms with van der Waals surface area (Å²) < 4.78 is 2.02. The van der Waals surface area contributed by atoms with Gasteiger partial charge in [-0.15, -0.1) is 10.2 Å². The SMILES string of the molecule is CCn1ccnc1Cn1nnc(CN(C)C(=O)c2ccccc2)n1. The zero-order chi connectivity index (χ0) is 16.9. The fourth-order valence-electron chi connectivity index (χ4n) is 2.40. The van der Waals surface area contributed by atoms with E-state index < -0.39 is 0 Å². The van der Waals surface area contributed by atoms with E-state index in [9.17, 15) is 4.79 Å². The molecule has 8 heteroatoms. The van der Waals surface area contributed by atoms with E-state index in [0.717, 1.165) is 12.4 Å². The molecule has 124 valence electrons. The van der Waals surface area contributed by atoms with Crippen LogP contribution in [-0.2, 0) is 19.6 Å². The van der Waals surface area contributed by atoms with Gasteiger partial charge < -0.3 is 9.47 Å². The topological polar surface area (TPSA) is 81.7 Å². The van der Waals surface area contributed by atoms with Gasteiger partial charge in [0.15, 0.2) is 5.82 Å². The Kier molecular flexibility index (Phi) is 4.64. The molecule has 0 aliphatic rings. The van der Waals surface area contributed by atoms with Gasteiger partial charge in [0.1, 0.15) is 12.4 Å². The molecular formula is C16H19N7O. The standard InChI is InChI=1S/C16H19N7O/c1-3-22-10-9-17-15(22)12-23-19-14(18-20-23)11-21(2)16(24)13-7-5-4-6-8-13/h4-10H,3,11-12H2,1-2H3. The number of aromatic nitrogens is 6. The average Bonchev–Trinajstić information content (AvgIpc) is 3.24. The quantitative estimate of drug-likeness (QED) is 0.680. The van der Waals surface area contributed by atoms with E-state index in [-0.39, 0.29) is 5.91 Å². The average molecular weight is 325 g/mol. The van der Waals surface area contributed by atoms with E-state index in [1.807, 2.05) is 29.0 Å². The van der Waals surface area contributed by atoms with Gasteiger partial charge in [-0.25, -0.2) is 4.98 Å². The number of amides is 1. The van der Waals surface area contributed by atoms with Crippen molar-refractivity contribution in [2.45, 2.75) is 26.6 Å². The maximum absolute atomic E-state index is 12.3. The molecule has 1 aromatic carbocycles. The van der Waals surface area contributed by atoms with Gasteiger partial charge in [0.25, 0.3) is 5.91 Å². The van der Waals surface area contributed by atoms with E-state index in [4.69, 9.17) is 0 Å². The van der Waals surface area contributed by atoms with E-state index in [0.29, 0.717) is 24.5 Å². The minimum absolute atomic E-state index is 0.0755. The number of carbonyl (C=O) groups is 1. The normalized spacial score (nSPS) is 10.8. The lowest BCUT2D eigenvalue weighted by molar-refractivity contribution is 0.0781. The highest BCUT2D eigenvalue weighted by Gasteiger charge is 2.14. The first-order valence-corrected chi connectivity index (χ1v) is 7.74. The Morgan fingerprint density at radius 3 is 2.79 bits per heavy atom. The van der Waals surface area contributed by atoms with Crippen LogP contribution in [0.3, 0.4) is 0 Å². The molecule has 1 amide bonds. The minimum Gasteiger partial charge on any atom is -0.334 e. The third kappa shape index (κ3) is 3.48. The van der Waals surface area contributed by atoms with Crippen LogP contribution in [0.25, 0.3) is 0 Å². The summed E-state index contributed by atoms with van der Waals surface area (Å²) in [6.07, 6.45) is 3.67. The first-order valence-electron chi connectivity index (χ1n) is 7.74. The van der Waals surface area contributed by atoms with E-state index >= 15 is 0 Å². The number of hydrogen-bond donors (Lipinski definition) is 0. The molecule has 24 heavy (non-hydrogen) atoms. The fraction of sp³-hybridized carbons (Fsp3) is 0.312. The van der Waals surface area contributed by atoms with Gasteiger partial charge >= 0.3 is 0 Å². The van der Waals surface area contributed by atoms with Gasteiger partial charge in [-0.2, -0.15) is 4.80 Å². The molecule has 0 saturated carbocycles. The summed E-state index contributed by atoms with van der Waals surface area (Å²) in [5.41, 5.74) is 0.636. The molecule has 0 spiro atoms. The molecule has 0 radical (unpaired) electrons. The lowest BCUT2D eigenvalue weighted by atomic mass is 10.2. The van der Waals surface area contributed by atoms with Crippen molar-refractivity contribution in [2.75, 3.05) is 7.05 Å². The molecule has 3 aromatic rings. The van der Waals surface area contributed by atoms with Crippen LogP contribution >= 0.6 is 0 Å². The zero-order valence-corrected chi connectivity index (χ0v) is 13.7. The van der Waals surface area contributed by atoms with Crippen LogP contribution in [-0.4, -0.2) is 47.6 Å². The van der Waals surface area contributed by atoms with Crippen LogP contribution in [0.5, 0.6) is 0 Å². The summed E-state index contributed by atoms with van der Waals surface area (Å²) in [7, 11) is 1.72. The Hall–Kier alpha value is -3.03. The van der Waals surface area contributed by atoms with Gasteiger partial charge in [0.05, 0.1) is 6.54 Å². The monoisotopic (exact) mass is 325 g/mol. The van der Waals surface area contributed by atoms with Gasteiger partial charge in [-0.05, 0) is 24.3 Å². The van der Waals surface area contributed by atoms with Gasteiger partial charge in [0, 0.05) is 31.5 Å². The second-order valence-electron chi connectivity index (χ2n) is 5.39. The Morgan fingerprint density at radius 2 is 2.04 bits per heavy atom. The van der Waals surface area contributed by atoms with Crippen LogP contribution in [0.1, 0.15) is 28.9 Å². The molecule has 8 nitrogen and oxygen atoms in total. The van der Waals surface area contributed by atoms with Crippen molar-refractivity contribution in [1.82, 2.24) is 34.7 Å². The minimum atomic E-state index is -0.0755. The molecule has 0 aliphatic carbocycles. The van der Waals surface area contributed by atoms with E-state index in [1.54, 1.807) is 30.3 Å². The predicted octanol–water partition coefficient (Wildman–Crippen LogP) is 1.21. The first kappa shape index (κ1) is 15.9. The van der Waals surface area contributed by atoms with Gasteiger partial charge in [-0.3, -0.25) is 4.79 Å². The van der Waals surface area contributed by atoms with Crippen LogP contribution in [0.15, 0.2) is 42.7 Å². The molecule has 3 rings (SSSR count). The molecule has 0 saturated heterocycles. The molecule has 0 aliphatic heterocycles. The molecule has 0 bridgehead atoms. The fourth-order valence-corrected chi connectivity index (χ4v) is 2.40. The summed E-state index contributed by atoms with van der Waals surface area (Å²) in [5.74, 6) is 1.29. The Labute approximate surface area is 139 Å². The van der Waals surface area contributed by atoms with Crippen molar-refractivity contribution < 1.29 is 4.79 Å².